The summed E-state index contributed by atoms with van der Waals surface area (Å²) in [5.41, 5.74) is 0.769. The second-order valence-electron chi connectivity index (χ2n) is 5.43. The number of hydrogen-bond acceptors (Lipinski definition) is 6. The molecular weight excluding hydrogens is 336 g/mol. The van der Waals surface area contributed by atoms with Crippen molar-refractivity contribution in [1.82, 2.24) is 10.1 Å². The van der Waals surface area contributed by atoms with Crippen LogP contribution in [0.25, 0.3) is 0 Å². The standard InChI is InChI=1S/C15H17ClN4O4/c1-9-6-11(18-24-9)8-19(3)10(2)15(21)17-14-7-12(20(22)23)4-5-13(14)16/h4-7,10H,8H2,1-3H3,(H,17,21). The molecule has 0 fully saturated rings. The van der Waals surface area contributed by atoms with Crippen molar-refractivity contribution >= 4 is 28.9 Å². The van der Waals surface area contributed by atoms with Crippen LogP contribution in [-0.4, -0.2) is 34.0 Å². The van der Waals surface area contributed by atoms with E-state index in [4.69, 9.17) is 16.1 Å². The van der Waals surface area contributed by atoms with Crippen molar-refractivity contribution in [2.45, 2.75) is 26.4 Å². The molecule has 0 saturated carbocycles. The number of non-ortho nitro benzene ring substituents is 1. The second-order valence-corrected chi connectivity index (χ2v) is 5.84. The molecule has 1 N–H and O–H groups in total. The van der Waals surface area contributed by atoms with Crippen LogP contribution in [0.2, 0.25) is 5.02 Å². The number of carbonyl (C=O) groups is 1. The highest BCUT2D eigenvalue weighted by Crippen LogP contribution is 2.27. The predicted molar refractivity (Wildman–Crippen MR) is 88.9 cm³/mol. The van der Waals surface area contributed by atoms with E-state index in [-0.39, 0.29) is 22.3 Å². The van der Waals surface area contributed by atoms with E-state index in [0.29, 0.717) is 18.0 Å². The fourth-order valence-electron chi connectivity index (χ4n) is 2.04. The van der Waals surface area contributed by atoms with Crippen LogP contribution in [-0.2, 0) is 11.3 Å². The second kappa shape index (κ2) is 7.41. The molecule has 24 heavy (non-hydrogen) atoms. The van der Waals surface area contributed by atoms with Gasteiger partial charge < -0.3 is 9.84 Å². The van der Waals surface area contributed by atoms with Crippen molar-refractivity contribution in [3.05, 3.63) is 50.9 Å². The molecule has 2 rings (SSSR count). The third-order valence-corrected chi connectivity index (χ3v) is 3.88. The van der Waals surface area contributed by atoms with Gasteiger partial charge in [0.25, 0.3) is 5.69 Å². The molecule has 0 spiro atoms. The van der Waals surface area contributed by atoms with Crippen LogP contribution in [0.3, 0.4) is 0 Å². The van der Waals surface area contributed by atoms with E-state index >= 15 is 0 Å². The SMILES string of the molecule is Cc1cc(CN(C)C(C)C(=O)Nc2cc([N+](=O)[O-])ccc2Cl)no1. The highest BCUT2D eigenvalue weighted by molar-refractivity contribution is 6.33. The summed E-state index contributed by atoms with van der Waals surface area (Å²) in [6.07, 6.45) is 0. The molecule has 0 aliphatic heterocycles. The number of nitrogens with zero attached hydrogens (tertiary/aromatic N) is 3. The molecule has 1 atom stereocenters. The highest BCUT2D eigenvalue weighted by atomic mass is 35.5. The van der Waals surface area contributed by atoms with E-state index in [9.17, 15) is 14.9 Å². The first-order valence-corrected chi connectivity index (χ1v) is 7.53. The lowest BCUT2D eigenvalue weighted by Crippen LogP contribution is -2.39. The zero-order chi connectivity index (χ0) is 17.9. The van der Waals surface area contributed by atoms with Gasteiger partial charge in [-0.1, -0.05) is 16.8 Å². The maximum Gasteiger partial charge on any atom is 0.271 e. The highest BCUT2D eigenvalue weighted by Gasteiger charge is 2.21. The smallest absolute Gasteiger partial charge is 0.271 e. The van der Waals surface area contributed by atoms with Crippen LogP contribution < -0.4 is 5.32 Å². The first kappa shape index (κ1) is 17.9. The number of anilines is 1. The van der Waals surface area contributed by atoms with Crippen molar-refractivity contribution in [3.63, 3.8) is 0 Å². The molecule has 1 amide bonds. The molecule has 0 saturated heterocycles. The Labute approximate surface area is 143 Å². The summed E-state index contributed by atoms with van der Waals surface area (Å²) in [5.74, 6) is 0.360. The number of halogens is 1. The van der Waals surface area contributed by atoms with Crippen LogP contribution in [0.5, 0.6) is 0 Å². The number of hydrogen-bond donors (Lipinski definition) is 1. The van der Waals surface area contributed by atoms with Gasteiger partial charge in [0.15, 0.2) is 0 Å². The van der Waals surface area contributed by atoms with Gasteiger partial charge in [0.2, 0.25) is 5.91 Å². The first-order valence-electron chi connectivity index (χ1n) is 7.15. The zero-order valence-electron chi connectivity index (χ0n) is 13.4. The Bertz CT molecular complexity index is 762. The van der Waals surface area contributed by atoms with Crippen molar-refractivity contribution < 1.29 is 14.2 Å². The van der Waals surface area contributed by atoms with Gasteiger partial charge in [-0.3, -0.25) is 19.8 Å². The van der Waals surface area contributed by atoms with E-state index in [1.165, 1.54) is 18.2 Å². The Morgan fingerprint density at radius 2 is 2.21 bits per heavy atom. The number of likely N-dealkylation sites (N-methyl/N-ethyl adjacent to an activating group) is 1. The molecule has 1 aromatic heterocycles. The zero-order valence-corrected chi connectivity index (χ0v) is 14.2. The predicted octanol–water partition coefficient (Wildman–Crippen LogP) is 3.00. The van der Waals surface area contributed by atoms with E-state index in [1.54, 1.807) is 31.9 Å². The van der Waals surface area contributed by atoms with Crippen molar-refractivity contribution in [2.24, 2.45) is 0 Å². The van der Waals surface area contributed by atoms with Gasteiger partial charge in [-0.15, -0.1) is 0 Å². The third kappa shape index (κ3) is 4.30. The number of nitrogens with one attached hydrogen (secondary N) is 1. The average Bonchev–Trinajstić information content (AvgIpc) is 2.93. The van der Waals surface area contributed by atoms with Gasteiger partial charge in [-0.05, 0) is 27.0 Å². The molecule has 2 aromatic rings. The maximum absolute atomic E-state index is 12.4. The Balaban J connectivity index is 2.05. The maximum atomic E-state index is 12.4. The van der Waals surface area contributed by atoms with Gasteiger partial charge in [0, 0.05) is 24.7 Å². The fraction of sp³-hybridized carbons (Fsp3) is 0.333. The molecule has 9 heteroatoms. The summed E-state index contributed by atoms with van der Waals surface area (Å²) >= 11 is 5.99. The molecule has 128 valence electrons. The number of aromatic nitrogens is 1. The van der Waals surface area contributed by atoms with E-state index in [0.717, 1.165) is 0 Å². The summed E-state index contributed by atoms with van der Waals surface area (Å²) < 4.78 is 4.99. The minimum absolute atomic E-state index is 0.145. The molecular formula is C15H17ClN4O4. The molecule has 0 bridgehead atoms. The summed E-state index contributed by atoms with van der Waals surface area (Å²) in [6.45, 7) is 3.93. The molecule has 1 heterocycles. The van der Waals surface area contributed by atoms with Crippen LogP contribution >= 0.6 is 11.6 Å². The van der Waals surface area contributed by atoms with Crippen molar-refractivity contribution in [2.75, 3.05) is 12.4 Å². The minimum atomic E-state index is -0.547. The van der Waals surface area contributed by atoms with Gasteiger partial charge in [0.1, 0.15) is 5.76 Å². The number of benzene rings is 1. The molecule has 8 nitrogen and oxygen atoms in total. The topological polar surface area (TPSA) is 102 Å². The monoisotopic (exact) mass is 352 g/mol. The largest absolute Gasteiger partial charge is 0.361 e. The molecule has 0 aliphatic carbocycles. The van der Waals surface area contributed by atoms with Crippen LogP contribution in [0.4, 0.5) is 11.4 Å². The van der Waals surface area contributed by atoms with Crippen LogP contribution in [0.15, 0.2) is 28.8 Å². The summed E-state index contributed by atoms with van der Waals surface area (Å²) in [6, 6.07) is 5.17. The number of amides is 1. The summed E-state index contributed by atoms with van der Waals surface area (Å²) in [4.78, 5) is 24.4. The van der Waals surface area contributed by atoms with E-state index in [2.05, 4.69) is 10.5 Å². The Morgan fingerprint density at radius 3 is 2.79 bits per heavy atom. The lowest BCUT2D eigenvalue weighted by molar-refractivity contribution is -0.384. The normalized spacial score (nSPS) is 12.2. The number of carbonyl (C=O) groups excluding carboxylic acids is 1. The first-order chi connectivity index (χ1) is 11.3. The Hall–Kier alpha value is -2.45. The molecule has 0 radical (unpaired) electrons. The lowest BCUT2D eigenvalue weighted by atomic mass is 10.2. The minimum Gasteiger partial charge on any atom is -0.361 e. The van der Waals surface area contributed by atoms with E-state index < -0.39 is 11.0 Å². The fourth-order valence-corrected chi connectivity index (χ4v) is 2.21. The van der Waals surface area contributed by atoms with Crippen LogP contribution in [0, 0.1) is 17.0 Å². The molecule has 0 aliphatic rings. The van der Waals surface area contributed by atoms with E-state index in [1.807, 2.05) is 0 Å². The van der Waals surface area contributed by atoms with Gasteiger partial charge in [-0.25, -0.2) is 0 Å². The molecule has 1 aromatic carbocycles. The number of nitro benzene ring substituents is 1. The van der Waals surface area contributed by atoms with Crippen molar-refractivity contribution in [1.29, 1.82) is 0 Å². The van der Waals surface area contributed by atoms with Crippen molar-refractivity contribution in [3.8, 4) is 0 Å². The number of nitro groups is 1. The van der Waals surface area contributed by atoms with Gasteiger partial charge >= 0.3 is 0 Å². The molecule has 1 unspecified atom stereocenters. The number of aryl methyl sites for hydroxylation is 1. The van der Waals surface area contributed by atoms with Gasteiger partial charge in [0.05, 0.1) is 27.4 Å². The Kier molecular flexibility index (Phi) is 5.53. The third-order valence-electron chi connectivity index (χ3n) is 3.55. The quantitative estimate of drug-likeness (QED) is 0.633. The summed E-state index contributed by atoms with van der Waals surface area (Å²) in [7, 11) is 1.77. The van der Waals surface area contributed by atoms with Gasteiger partial charge in [-0.2, -0.15) is 0 Å². The Morgan fingerprint density at radius 1 is 1.50 bits per heavy atom. The lowest BCUT2D eigenvalue weighted by Gasteiger charge is -2.23. The summed E-state index contributed by atoms with van der Waals surface area (Å²) in [5, 5.41) is 17.6. The van der Waals surface area contributed by atoms with Crippen LogP contribution in [0.1, 0.15) is 18.4 Å². The average molecular weight is 353 g/mol. The number of rotatable bonds is 6.